The van der Waals surface area contributed by atoms with Gasteiger partial charge in [-0.25, -0.2) is 13.1 Å². The van der Waals surface area contributed by atoms with Crippen LogP contribution in [0.4, 0.5) is 5.69 Å². The number of nitro benzene ring substituents is 1. The quantitative estimate of drug-likeness (QED) is 0.559. The standard InChI is InChI=1S/C19H25N3O5S/c1-14-10-17(15(2)27-14)13-21-8-6-16(7-9-21)12-20-28(25,26)19-5-3-4-18(11-19)22(23)24/h3-5,10-11,16,20H,6-9,12-13H2,1-2H3. The van der Waals surface area contributed by atoms with Gasteiger partial charge in [-0.2, -0.15) is 0 Å². The van der Waals surface area contributed by atoms with Crippen LogP contribution in [0.3, 0.4) is 0 Å². The molecule has 0 aliphatic carbocycles. The first kappa shape index (κ1) is 20.5. The molecule has 2 heterocycles. The lowest BCUT2D eigenvalue weighted by atomic mass is 9.97. The van der Waals surface area contributed by atoms with E-state index in [1.165, 1.54) is 23.8 Å². The van der Waals surface area contributed by atoms with Crippen LogP contribution >= 0.6 is 0 Å². The fraction of sp³-hybridized carbons (Fsp3) is 0.474. The van der Waals surface area contributed by atoms with Gasteiger partial charge in [0.05, 0.1) is 9.82 Å². The molecule has 28 heavy (non-hydrogen) atoms. The lowest BCUT2D eigenvalue weighted by Crippen LogP contribution is -2.38. The topological polar surface area (TPSA) is 106 Å². The van der Waals surface area contributed by atoms with Crippen LogP contribution in [0.2, 0.25) is 0 Å². The highest BCUT2D eigenvalue weighted by atomic mass is 32.2. The highest BCUT2D eigenvalue weighted by molar-refractivity contribution is 7.89. The molecule has 8 nitrogen and oxygen atoms in total. The Morgan fingerprint density at radius 1 is 1.25 bits per heavy atom. The molecular formula is C19H25N3O5S. The van der Waals surface area contributed by atoms with Crippen LogP contribution < -0.4 is 4.72 Å². The van der Waals surface area contributed by atoms with E-state index < -0.39 is 14.9 Å². The van der Waals surface area contributed by atoms with Crippen molar-refractivity contribution < 1.29 is 17.8 Å². The molecule has 1 aliphatic heterocycles. The first-order valence-corrected chi connectivity index (χ1v) is 10.8. The summed E-state index contributed by atoms with van der Waals surface area (Å²) in [6.07, 6.45) is 1.79. The van der Waals surface area contributed by atoms with Gasteiger partial charge in [0, 0.05) is 30.8 Å². The number of piperidine rings is 1. The first-order valence-electron chi connectivity index (χ1n) is 9.27. The molecule has 2 aromatic rings. The van der Waals surface area contributed by atoms with Crippen LogP contribution in [0.25, 0.3) is 0 Å². The van der Waals surface area contributed by atoms with Crippen LogP contribution in [0.1, 0.15) is 29.9 Å². The van der Waals surface area contributed by atoms with E-state index in [2.05, 4.69) is 15.7 Å². The van der Waals surface area contributed by atoms with Gasteiger partial charge in [0.15, 0.2) is 0 Å². The maximum absolute atomic E-state index is 12.4. The Hall–Kier alpha value is -2.23. The van der Waals surface area contributed by atoms with Crippen molar-refractivity contribution in [2.45, 2.75) is 38.1 Å². The highest BCUT2D eigenvalue weighted by Gasteiger charge is 2.23. The summed E-state index contributed by atoms with van der Waals surface area (Å²) in [5.41, 5.74) is 0.961. The largest absolute Gasteiger partial charge is 0.466 e. The predicted octanol–water partition coefficient (Wildman–Crippen LogP) is 3.00. The molecule has 0 bridgehead atoms. The molecule has 0 radical (unpaired) electrons. The summed E-state index contributed by atoms with van der Waals surface area (Å²) in [6.45, 7) is 6.88. The third kappa shape index (κ3) is 4.98. The average Bonchev–Trinajstić information content (AvgIpc) is 2.98. The molecule has 1 N–H and O–H groups in total. The molecular weight excluding hydrogens is 382 g/mol. The number of likely N-dealkylation sites (tertiary alicyclic amines) is 1. The fourth-order valence-corrected chi connectivity index (χ4v) is 4.66. The average molecular weight is 407 g/mol. The molecule has 0 amide bonds. The second-order valence-corrected chi connectivity index (χ2v) is 9.03. The molecule has 0 saturated carbocycles. The van der Waals surface area contributed by atoms with Crippen LogP contribution in [-0.4, -0.2) is 37.9 Å². The van der Waals surface area contributed by atoms with E-state index in [0.717, 1.165) is 50.1 Å². The van der Waals surface area contributed by atoms with Gasteiger partial charge in [0.25, 0.3) is 5.69 Å². The fourth-order valence-electron chi connectivity index (χ4n) is 3.51. The molecule has 152 valence electrons. The van der Waals surface area contributed by atoms with E-state index in [-0.39, 0.29) is 16.5 Å². The smallest absolute Gasteiger partial charge is 0.270 e. The number of hydrogen-bond acceptors (Lipinski definition) is 6. The zero-order valence-corrected chi connectivity index (χ0v) is 16.9. The van der Waals surface area contributed by atoms with Gasteiger partial charge < -0.3 is 4.42 Å². The number of aryl methyl sites for hydroxylation is 2. The predicted molar refractivity (Wildman–Crippen MR) is 104 cm³/mol. The lowest BCUT2D eigenvalue weighted by molar-refractivity contribution is -0.385. The number of benzene rings is 1. The molecule has 1 saturated heterocycles. The summed E-state index contributed by atoms with van der Waals surface area (Å²) in [4.78, 5) is 12.5. The molecule has 0 spiro atoms. The normalized spacial score (nSPS) is 16.4. The number of rotatable bonds is 7. The number of furan rings is 1. The summed E-state index contributed by atoms with van der Waals surface area (Å²) >= 11 is 0. The number of hydrogen-bond donors (Lipinski definition) is 1. The SMILES string of the molecule is Cc1cc(CN2CCC(CNS(=O)(=O)c3cccc([N+](=O)[O-])c3)CC2)c(C)o1. The van der Waals surface area contributed by atoms with Gasteiger partial charge in [-0.05, 0) is 57.8 Å². The minimum atomic E-state index is -3.76. The van der Waals surface area contributed by atoms with E-state index in [0.29, 0.717) is 6.54 Å². The summed E-state index contributed by atoms with van der Waals surface area (Å²) in [5.74, 6) is 2.11. The van der Waals surface area contributed by atoms with Crippen molar-refractivity contribution in [2.24, 2.45) is 5.92 Å². The van der Waals surface area contributed by atoms with E-state index in [4.69, 9.17) is 4.42 Å². The van der Waals surface area contributed by atoms with E-state index in [1.807, 2.05) is 13.8 Å². The Labute approximate surface area is 164 Å². The third-order valence-electron chi connectivity index (χ3n) is 5.15. The monoisotopic (exact) mass is 407 g/mol. The van der Waals surface area contributed by atoms with Crippen molar-refractivity contribution in [2.75, 3.05) is 19.6 Å². The van der Waals surface area contributed by atoms with Crippen molar-refractivity contribution in [3.63, 3.8) is 0 Å². The van der Waals surface area contributed by atoms with Gasteiger partial charge in [-0.1, -0.05) is 6.07 Å². The van der Waals surface area contributed by atoms with E-state index >= 15 is 0 Å². The van der Waals surface area contributed by atoms with Gasteiger partial charge in [-0.15, -0.1) is 0 Å². The number of non-ortho nitro benzene ring substituents is 1. The minimum absolute atomic E-state index is 0.0788. The maximum Gasteiger partial charge on any atom is 0.270 e. The lowest BCUT2D eigenvalue weighted by Gasteiger charge is -2.31. The summed E-state index contributed by atoms with van der Waals surface area (Å²) in [7, 11) is -3.76. The summed E-state index contributed by atoms with van der Waals surface area (Å²) in [5, 5.41) is 10.8. The maximum atomic E-state index is 12.4. The second-order valence-electron chi connectivity index (χ2n) is 7.26. The zero-order valence-electron chi connectivity index (χ0n) is 16.1. The van der Waals surface area contributed by atoms with Crippen LogP contribution in [-0.2, 0) is 16.6 Å². The first-order chi connectivity index (χ1) is 13.2. The van der Waals surface area contributed by atoms with Crippen molar-refractivity contribution in [3.05, 3.63) is 57.5 Å². The van der Waals surface area contributed by atoms with Crippen molar-refractivity contribution in [1.82, 2.24) is 9.62 Å². The van der Waals surface area contributed by atoms with Crippen LogP contribution in [0, 0.1) is 29.9 Å². The number of nitrogens with one attached hydrogen (secondary N) is 1. The minimum Gasteiger partial charge on any atom is -0.466 e. The Morgan fingerprint density at radius 3 is 2.57 bits per heavy atom. The third-order valence-corrected chi connectivity index (χ3v) is 6.57. The molecule has 0 atom stereocenters. The molecule has 1 aromatic carbocycles. The summed E-state index contributed by atoms with van der Waals surface area (Å²) < 4.78 is 33.1. The number of sulfonamides is 1. The van der Waals surface area contributed by atoms with Gasteiger partial charge >= 0.3 is 0 Å². The molecule has 1 aromatic heterocycles. The van der Waals surface area contributed by atoms with Crippen molar-refractivity contribution in [3.8, 4) is 0 Å². The summed E-state index contributed by atoms with van der Waals surface area (Å²) in [6, 6.07) is 7.17. The molecule has 3 rings (SSSR count). The van der Waals surface area contributed by atoms with Crippen LogP contribution in [0.15, 0.2) is 39.6 Å². The van der Waals surface area contributed by atoms with Crippen LogP contribution in [0.5, 0.6) is 0 Å². The van der Waals surface area contributed by atoms with Crippen molar-refractivity contribution in [1.29, 1.82) is 0 Å². The van der Waals surface area contributed by atoms with E-state index in [1.54, 1.807) is 0 Å². The van der Waals surface area contributed by atoms with Crippen molar-refractivity contribution >= 4 is 15.7 Å². The Balaban J connectivity index is 1.51. The molecule has 1 fully saturated rings. The number of nitrogens with zero attached hydrogens (tertiary/aromatic N) is 2. The number of nitro groups is 1. The Bertz CT molecular complexity index is 946. The van der Waals surface area contributed by atoms with Gasteiger partial charge in [-0.3, -0.25) is 15.0 Å². The molecule has 0 unspecified atom stereocenters. The zero-order chi connectivity index (χ0) is 20.3. The Kier molecular flexibility index (Phi) is 6.17. The molecule has 1 aliphatic rings. The van der Waals surface area contributed by atoms with Gasteiger partial charge in [0.2, 0.25) is 10.0 Å². The van der Waals surface area contributed by atoms with E-state index in [9.17, 15) is 18.5 Å². The second kappa shape index (κ2) is 8.42. The van der Waals surface area contributed by atoms with Gasteiger partial charge in [0.1, 0.15) is 11.5 Å². The highest BCUT2D eigenvalue weighted by Crippen LogP contribution is 2.22. The Morgan fingerprint density at radius 2 is 1.96 bits per heavy atom. The molecule has 9 heteroatoms.